The Morgan fingerprint density at radius 1 is 1.33 bits per heavy atom. The van der Waals surface area contributed by atoms with Gasteiger partial charge in [0.05, 0.1) is 12.4 Å². The second-order valence-corrected chi connectivity index (χ2v) is 3.47. The molecule has 1 unspecified atom stereocenters. The molecule has 15 heavy (non-hydrogen) atoms. The highest BCUT2D eigenvalue weighted by Crippen LogP contribution is 2.18. The second-order valence-electron chi connectivity index (χ2n) is 3.47. The summed E-state index contributed by atoms with van der Waals surface area (Å²) in [7, 11) is 0. The van der Waals surface area contributed by atoms with Crippen LogP contribution < -0.4 is 5.73 Å². The summed E-state index contributed by atoms with van der Waals surface area (Å²) in [5.41, 5.74) is 6.55. The van der Waals surface area contributed by atoms with Gasteiger partial charge in [-0.25, -0.2) is 9.37 Å². The number of nitrogen functional groups attached to an aromatic ring is 1. The Kier molecular flexibility index (Phi) is 2.41. The van der Waals surface area contributed by atoms with Crippen molar-refractivity contribution in [2.24, 2.45) is 0 Å². The molecule has 2 rings (SSSR count). The molecule has 0 radical (unpaired) electrons. The average molecular weight is 205 g/mol. The molecule has 0 saturated carbocycles. The normalized spacial score (nSPS) is 12.7. The van der Waals surface area contributed by atoms with Crippen LogP contribution in [-0.4, -0.2) is 9.55 Å². The first kappa shape index (κ1) is 9.71. The van der Waals surface area contributed by atoms with Gasteiger partial charge in [0.25, 0.3) is 0 Å². The minimum atomic E-state index is -0.226. The van der Waals surface area contributed by atoms with Crippen LogP contribution in [0, 0.1) is 5.82 Å². The SMILES string of the molecule is CC(c1ccc(F)cc1)n1cnc(N)c1. The van der Waals surface area contributed by atoms with E-state index in [-0.39, 0.29) is 11.9 Å². The lowest BCUT2D eigenvalue weighted by Gasteiger charge is -2.12. The van der Waals surface area contributed by atoms with Crippen LogP contribution in [0.1, 0.15) is 18.5 Å². The van der Waals surface area contributed by atoms with E-state index in [4.69, 9.17) is 5.73 Å². The molecule has 0 spiro atoms. The highest BCUT2D eigenvalue weighted by atomic mass is 19.1. The van der Waals surface area contributed by atoms with Crippen LogP contribution in [0.4, 0.5) is 10.2 Å². The average Bonchev–Trinajstić information content (AvgIpc) is 2.65. The fourth-order valence-electron chi connectivity index (χ4n) is 1.48. The number of halogens is 1. The van der Waals surface area contributed by atoms with Gasteiger partial charge in [0, 0.05) is 6.20 Å². The fraction of sp³-hybridized carbons (Fsp3) is 0.182. The van der Waals surface area contributed by atoms with E-state index in [0.29, 0.717) is 5.82 Å². The smallest absolute Gasteiger partial charge is 0.141 e. The lowest BCUT2D eigenvalue weighted by Crippen LogP contribution is -2.04. The van der Waals surface area contributed by atoms with Crippen molar-refractivity contribution in [3.63, 3.8) is 0 Å². The van der Waals surface area contributed by atoms with Gasteiger partial charge in [-0.05, 0) is 24.6 Å². The zero-order valence-electron chi connectivity index (χ0n) is 8.39. The van der Waals surface area contributed by atoms with E-state index in [1.807, 2.05) is 11.5 Å². The predicted molar refractivity (Wildman–Crippen MR) is 56.9 cm³/mol. The molecule has 1 aromatic carbocycles. The first-order valence-corrected chi connectivity index (χ1v) is 4.71. The highest BCUT2D eigenvalue weighted by Gasteiger charge is 2.07. The van der Waals surface area contributed by atoms with Gasteiger partial charge in [0.1, 0.15) is 11.6 Å². The Hall–Kier alpha value is -1.84. The molecule has 0 bridgehead atoms. The van der Waals surface area contributed by atoms with Gasteiger partial charge in [-0.1, -0.05) is 12.1 Å². The maximum Gasteiger partial charge on any atom is 0.141 e. The van der Waals surface area contributed by atoms with Crippen LogP contribution >= 0.6 is 0 Å². The van der Waals surface area contributed by atoms with Crippen LogP contribution in [0.25, 0.3) is 0 Å². The molecule has 0 aliphatic rings. The highest BCUT2D eigenvalue weighted by molar-refractivity contribution is 5.26. The zero-order chi connectivity index (χ0) is 10.8. The Morgan fingerprint density at radius 2 is 2.00 bits per heavy atom. The number of hydrogen-bond acceptors (Lipinski definition) is 2. The van der Waals surface area contributed by atoms with Crippen molar-refractivity contribution < 1.29 is 4.39 Å². The number of anilines is 1. The Bertz CT molecular complexity index is 447. The molecule has 3 nitrogen and oxygen atoms in total. The van der Waals surface area contributed by atoms with E-state index in [9.17, 15) is 4.39 Å². The largest absolute Gasteiger partial charge is 0.382 e. The fourth-order valence-corrected chi connectivity index (χ4v) is 1.48. The van der Waals surface area contributed by atoms with E-state index in [1.165, 1.54) is 12.1 Å². The zero-order valence-corrected chi connectivity index (χ0v) is 8.39. The number of imidazole rings is 1. The van der Waals surface area contributed by atoms with E-state index in [0.717, 1.165) is 5.56 Å². The summed E-state index contributed by atoms with van der Waals surface area (Å²) in [5.74, 6) is 0.264. The van der Waals surface area contributed by atoms with Gasteiger partial charge >= 0.3 is 0 Å². The second kappa shape index (κ2) is 3.73. The van der Waals surface area contributed by atoms with Crippen molar-refractivity contribution in [3.8, 4) is 0 Å². The molecule has 0 amide bonds. The number of rotatable bonds is 2. The van der Waals surface area contributed by atoms with Crippen molar-refractivity contribution >= 4 is 5.82 Å². The standard InChI is InChI=1S/C11H12FN3/c1-8(15-6-11(13)14-7-15)9-2-4-10(12)5-3-9/h2-8H,13H2,1H3. The molecule has 0 aliphatic carbocycles. The van der Waals surface area contributed by atoms with Crippen LogP contribution in [0.2, 0.25) is 0 Å². The van der Waals surface area contributed by atoms with E-state index < -0.39 is 0 Å². The molecule has 2 N–H and O–H groups in total. The number of nitrogens with zero attached hydrogens (tertiary/aromatic N) is 2. The molecule has 1 aromatic heterocycles. The molecular formula is C11H12FN3. The van der Waals surface area contributed by atoms with Gasteiger partial charge in [0.15, 0.2) is 0 Å². The summed E-state index contributed by atoms with van der Waals surface area (Å²) < 4.78 is 14.6. The molecule has 1 atom stereocenters. The Labute approximate surface area is 87.4 Å². The van der Waals surface area contributed by atoms with E-state index in [2.05, 4.69) is 4.98 Å². The molecule has 78 valence electrons. The van der Waals surface area contributed by atoms with Crippen LogP contribution in [-0.2, 0) is 0 Å². The number of hydrogen-bond donors (Lipinski definition) is 1. The predicted octanol–water partition coefficient (Wildman–Crippen LogP) is 2.21. The molecule has 4 heteroatoms. The Balaban J connectivity index is 2.28. The van der Waals surface area contributed by atoms with Crippen molar-refractivity contribution in [1.29, 1.82) is 0 Å². The molecule has 0 aliphatic heterocycles. The third kappa shape index (κ3) is 1.98. The lowest BCUT2D eigenvalue weighted by atomic mass is 10.1. The molecule has 0 saturated heterocycles. The minimum Gasteiger partial charge on any atom is -0.382 e. The number of aromatic nitrogens is 2. The van der Waals surface area contributed by atoms with Gasteiger partial charge in [-0.15, -0.1) is 0 Å². The van der Waals surface area contributed by atoms with Crippen molar-refractivity contribution in [2.75, 3.05) is 5.73 Å². The van der Waals surface area contributed by atoms with Gasteiger partial charge < -0.3 is 10.3 Å². The monoisotopic (exact) mass is 205 g/mol. The van der Waals surface area contributed by atoms with Crippen LogP contribution in [0.5, 0.6) is 0 Å². The van der Waals surface area contributed by atoms with E-state index in [1.54, 1.807) is 24.7 Å². The van der Waals surface area contributed by atoms with Crippen LogP contribution in [0.3, 0.4) is 0 Å². The first-order valence-electron chi connectivity index (χ1n) is 4.71. The lowest BCUT2D eigenvalue weighted by molar-refractivity contribution is 0.615. The molecular weight excluding hydrogens is 193 g/mol. The van der Waals surface area contributed by atoms with Crippen molar-refractivity contribution in [1.82, 2.24) is 9.55 Å². The number of nitrogens with two attached hydrogens (primary N) is 1. The summed E-state index contributed by atoms with van der Waals surface area (Å²) in [5, 5.41) is 0. The minimum absolute atomic E-state index is 0.107. The van der Waals surface area contributed by atoms with Gasteiger partial charge in [0.2, 0.25) is 0 Å². The summed E-state index contributed by atoms with van der Waals surface area (Å²) >= 11 is 0. The molecule has 0 fully saturated rings. The van der Waals surface area contributed by atoms with Crippen molar-refractivity contribution in [2.45, 2.75) is 13.0 Å². The topological polar surface area (TPSA) is 43.8 Å². The summed E-state index contributed by atoms with van der Waals surface area (Å²) in [6.07, 6.45) is 3.43. The van der Waals surface area contributed by atoms with E-state index >= 15 is 0 Å². The number of benzene rings is 1. The third-order valence-electron chi connectivity index (χ3n) is 2.42. The third-order valence-corrected chi connectivity index (χ3v) is 2.42. The maximum absolute atomic E-state index is 12.7. The summed E-state index contributed by atoms with van der Waals surface area (Å²) in [6.45, 7) is 2.01. The Morgan fingerprint density at radius 3 is 2.53 bits per heavy atom. The maximum atomic E-state index is 12.7. The van der Waals surface area contributed by atoms with Crippen LogP contribution in [0.15, 0.2) is 36.8 Å². The molecule has 2 aromatic rings. The summed E-state index contributed by atoms with van der Waals surface area (Å²) in [4.78, 5) is 3.95. The van der Waals surface area contributed by atoms with Crippen molar-refractivity contribution in [3.05, 3.63) is 48.2 Å². The van der Waals surface area contributed by atoms with Gasteiger partial charge in [-0.3, -0.25) is 0 Å². The first-order chi connectivity index (χ1) is 7.16. The van der Waals surface area contributed by atoms with Gasteiger partial charge in [-0.2, -0.15) is 0 Å². The quantitative estimate of drug-likeness (QED) is 0.816. The molecule has 1 heterocycles. The summed E-state index contributed by atoms with van der Waals surface area (Å²) in [6, 6.07) is 6.53.